The number of hydrogen-bond donors (Lipinski definition) is 1. The zero-order valence-electron chi connectivity index (χ0n) is 10.5. The van der Waals surface area contributed by atoms with Crippen LogP contribution in [0.4, 0.5) is 4.39 Å². The van der Waals surface area contributed by atoms with Crippen molar-refractivity contribution in [3.63, 3.8) is 0 Å². The first-order valence-electron chi connectivity index (χ1n) is 5.90. The smallest absolute Gasteiger partial charge is 0.338 e. The summed E-state index contributed by atoms with van der Waals surface area (Å²) in [6.45, 7) is 0.583. The molecule has 0 aliphatic rings. The van der Waals surface area contributed by atoms with Crippen LogP contribution in [0.15, 0.2) is 42.5 Å². The fourth-order valence-corrected chi connectivity index (χ4v) is 1.82. The predicted molar refractivity (Wildman–Crippen MR) is 73.3 cm³/mol. The van der Waals surface area contributed by atoms with Crippen molar-refractivity contribution in [3.05, 3.63) is 70.0 Å². The molecule has 0 aliphatic heterocycles. The molecule has 0 bridgehead atoms. The van der Waals surface area contributed by atoms with Gasteiger partial charge in [0, 0.05) is 5.02 Å². The average Bonchev–Trinajstić information content (AvgIpc) is 2.42. The third kappa shape index (κ3) is 3.79. The highest BCUT2D eigenvalue weighted by molar-refractivity contribution is 6.30. The van der Waals surface area contributed by atoms with Crippen molar-refractivity contribution in [1.82, 2.24) is 0 Å². The molecule has 3 nitrogen and oxygen atoms in total. The minimum absolute atomic E-state index is 0.211. The van der Waals surface area contributed by atoms with Gasteiger partial charge in [-0.3, -0.25) is 0 Å². The molecule has 0 spiro atoms. The largest absolute Gasteiger partial charge is 0.478 e. The molecule has 0 atom stereocenters. The summed E-state index contributed by atoms with van der Waals surface area (Å²) in [4.78, 5) is 10.8. The van der Waals surface area contributed by atoms with E-state index in [4.69, 9.17) is 21.4 Å². The molecular weight excluding hydrogens is 283 g/mol. The first kappa shape index (κ1) is 14.5. The van der Waals surface area contributed by atoms with E-state index in [9.17, 15) is 9.18 Å². The molecule has 0 saturated carbocycles. The van der Waals surface area contributed by atoms with Crippen LogP contribution in [0.25, 0.3) is 0 Å². The number of aromatic carboxylic acids is 1. The summed E-state index contributed by atoms with van der Waals surface area (Å²) in [5, 5.41) is 9.48. The lowest BCUT2D eigenvalue weighted by Gasteiger charge is -2.06. The molecule has 0 fully saturated rings. The second-order valence-electron chi connectivity index (χ2n) is 4.24. The van der Waals surface area contributed by atoms with Gasteiger partial charge in [0.2, 0.25) is 0 Å². The number of hydrogen-bond acceptors (Lipinski definition) is 2. The second-order valence-corrected chi connectivity index (χ2v) is 4.68. The van der Waals surface area contributed by atoms with Crippen LogP contribution < -0.4 is 0 Å². The van der Waals surface area contributed by atoms with Crippen molar-refractivity contribution in [2.45, 2.75) is 13.2 Å². The van der Waals surface area contributed by atoms with Gasteiger partial charge in [0.25, 0.3) is 0 Å². The molecule has 0 amide bonds. The summed E-state index contributed by atoms with van der Waals surface area (Å²) in [7, 11) is 0. The van der Waals surface area contributed by atoms with Gasteiger partial charge in [-0.15, -0.1) is 0 Å². The molecule has 5 heteroatoms. The summed E-state index contributed by atoms with van der Waals surface area (Å²) in [5.74, 6) is -2.04. The quantitative estimate of drug-likeness (QED) is 0.910. The van der Waals surface area contributed by atoms with Gasteiger partial charge in [0.15, 0.2) is 0 Å². The third-order valence-electron chi connectivity index (χ3n) is 2.71. The number of ether oxygens (including phenoxy) is 1. The molecule has 0 heterocycles. The highest BCUT2D eigenvalue weighted by Gasteiger charge is 2.10. The minimum Gasteiger partial charge on any atom is -0.478 e. The molecule has 20 heavy (non-hydrogen) atoms. The monoisotopic (exact) mass is 294 g/mol. The van der Waals surface area contributed by atoms with Gasteiger partial charge in [-0.25, -0.2) is 9.18 Å². The van der Waals surface area contributed by atoms with E-state index in [-0.39, 0.29) is 12.2 Å². The van der Waals surface area contributed by atoms with E-state index < -0.39 is 11.8 Å². The Balaban J connectivity index is 1.96. The van der Waals surface area contributed by atoms with Crippen LogP contribution >= 0.6 is 11.6 Å². The molecule has 0 radical (unpaired) electrons. The average molecular weight is 295 g/mol. The molecule has 0 unspecified atom stereocenters. The summed E-state index contributed by atoms with van der Waals surface area (Å²) in [6.07, 6.45) is 0. The zero-order chi connectivity index (χ0) is 14.5. The molecule has 2 rings (SSSR count). The maximum atomic E-state index is 13.2. The molecule has 0 aromatic heterocycles. The Kier molecular flexibility index (Phi) is 4.71. The molecule has 2 aromatic rings. The van der Waals surface area contributed by atoms with E-state index in [1.807, 2.05) is 12.1 Å². The number of carboxylic acids is 1. The lowest BCUT2D eigenvalue weighted by Crippen LogP contribution is -2.02. The van der Waals surface area contributed by atoms with Crippen LogP contribution in [0, 0.1) is 5.82 Å². The predicted octanol–water partition coefficient (Wildman–Crippen LogP) is 3.89. The standard InChI is InChI=1S/C15H12ClFO3/c16-12-4-1-10(2-5-12)8-20-9-11-3-6-14(17)13(7-11)15(18)19/h1-7H,8-9H2,(H,18,19). The van der Waals surface area contributed by atoms with Crippen molar-refractivity contribution < 1.29 is 19.0 Å². The van der Waals surface area contributed by atoms with Gasteiger partial charge in [0.1, 0.15) is 5.82 Å². The van der Waals surface area contributed by atoms with Crippen LogP contribution in [-0.2, 0) is 18.0 Å². The highest BCUT2D eigenvalue weighted by Crippen LogP contribution is 2.14. The first-order chi connectivity index (χ1) is 9.56. The lowest BCUT2D eigenvalue weighted by atomic mass is 10.1. The van der Waals surface area contributed by atoms with E-state index in [1.165, 1.54) is 12.1 Å². The Morgan fingerprint density at radius 3 is 2.35 bits per heavy atom. The number of benzene rings is 2. The first-order valence-corrected chi connectivity index (χ1v) is 6.28. The van der Waals surface area contributed by atoms with Gasteiger partial charge in [0.05, 0.1) is 18.8 Å². The van der Waals surface area contributed by atoms with Crippen molar-refractivity contribution in [3.8, 4) is 0 Å². The van der Waals surface area contributed by atoms with Gasteiger partial charge in [-0.2, -0.15) is 0 Å². The maximum Gasteiger partial charge on any atom is 0.338 e. The third-order valence-corrected chi connectivity index (χ3v) is 2.96. The Morgan fingerprint density at radius 1 is 1.10 bits per heavy atom. The van der Waals surface area contributed by atoms with Crippen LogP contribution in [0.3, 0.4) is 0 Å². The molecule has 0 aliphatic carbocycles. The van der Waals surface area contributed by atoms with Crippen LogP contribution in [-0.4, -0.2) is 11.1 Å². The van der Waals surface area contributed by atoms with E-state index in [2.05, 4.69) is 0 Å². The van der Waals surface area contributed by atoms with E-state index in [0.717, 1.165) is 11.6 Å². The fourth-order valence-electron chi connectivity index (χ4n) is 1.69. The summed E-state index contributed by atoms with van der Waals surface area (Å²) in [6, 6.07) is 11.1. The van der Waals surface area contributed by atoms with Gasteiger partial charge >= 0.3 is 5.97 Å². The Labute approximate surface area is 120 Å². The van der Waals surface area contributed by atoms with Crippen molar-refractivity contribution >= 4 is 17.6 Å². The van der Waals surface area contributed by atoms with E-state index in [0.29, 0.717) is 17.2 Å². The Hall–Kier alpha value is -1.91. The van der Waals surface area contributed by atoms with Gasteiger partial charge in [-0.1, -0.05) is 29.8 Å². The fraction of sp³-hybridized carbons (Fsp3) is 0.133. The highest BCUT2D eigenvalue weighted by atomic mass is 35.5. The molecular formula is C15H12ClFO3. The van der Waals surface area contributed by atoms with Gasteiger partial charge in [-0.05, 0) is 35.4 Å². The Morgan fingerprint density at radius 2 is 1.70 bits per heavy atom. The molecule has 104 valence electrons. The van der Waals surface area contributed by atoms with E-state index in [1.54, 1.807) is 12.1 Å². The maximum absolute atomic E-state index is 13.2. The summed E-state index contributed by atoms with van der Waals surface area (Å²) >= 11 is 5.77. The van der Waals surface area contributed by atoms with Crippen LogP contribution in [0.5, 0.6) is 0 Å². The summed E-state index contributed by atoms with van der Waals surface area (Å²) in [5.41, 5.74) is 1.21. The van der Waals surface area contributed by atoms with Crippen molar-refractivity contribution in [1.29, 1.82) is 0 Å². The lowest BCUT2D eigenvalue weighted by molar-refractivity contribution is 0.0691. The summed E-state index contributed by atoms with van der Waals surface area (Å²) < 4.78 is 18.7. The molecule has 2 aromatic carbocycles. The second kappa shape index (κ2) is 6.50. The van der Waals surface area contributed by atoms with Crippen molar-refractivity contribution in [2.75, 3.05) is 0 Å². The normalized spacial score (nSPS) is 10.5. The Bertz CT molecular complexity index is 611. The number of carbonyl (C=O) groups is 1. The van der Waals surface area contributed by atoms with Crippen molar-refractivity contribution in [2.24, 2.45) is 0 Å². The van der Waals surface area contributed by atoms with Gasteiger partial charge < -0.3 is 9.84 Å². The SMILES string of the molecule is O=C(O)c1cc(COCc2ccc(Cl)cc2)ccc1F. The minimum atomic E-state index is -1.29. The number of carboxylic acid groups (broad SMARTS) is 1. The van der Waals surface area contributed by atoms with Crippen LogP contribution in [0.2, 0.25) is 5.02 Å². The van der Waals surface area contributed by atoms with E-state index >= 15 is 0 Å². The van der Waals surface area contributed by atoms with Crippen LogP contribution in [0.1, 0.15) is 21.5 Å². The topological polar surface area (TPSA) is 46.5 Å². The molecule has 1 N–H and O–H groups in total. The number of rotatable bonds is 5. The zero-order valence-corrected chi connectivity index (χ0v) is 11.2. The molecule has 0 saturated heterocycles. The number of halogens is 2.